The summed E-state index contributed by atoms with van der Waals surface area (Å²) < 4.78 is 0. The maximum Gasteiger partial charge on any atom is 0.139 e. The molecule has 0 aromatic carbocycles. The summed E-state index contributed by atoms with van der Waals surface area (Å²) in [6.45, 7) is 2.21. The zero-order valence-corrected chi connectivity index (χ0v) is 7.94. The number of hydrogen-bond acceptors (Lipinski definition) is 1. The summed E-state index contributed by atoms with van der Waals surface area (Å²) in [5.74, 6) is 1.24. The third-order valence-electron chi connectivity index (χ3n) is 3.80. The molecular weight excluding hydrogens is 148 g/mol. The third-order valence-corrected chi connectivity index (χ3v) is 3.80. The SMILES string of the molecule is CC1CCC2(CCCC2)C(=O)C1. The molecule has 0 aromatic rings. The first-order chi connectivity index (χ1) is 5.73. The zero-order valence-electron chi connectivity index (χ0n) is 7.94. The minimum absolute atomic E-state index is 0.173. The van der Waals surface area contributed by atoms with Crippen molar-refractivity contribution in [3.05, 3.63) is 0 Å². The fraction of sp³-hybridized carbons (Fsp3) is 0.909. The van der Waals surface area contributed by atoms with Gasteiger partial charge in [-0.05, 0) is 31.6 Å². The van der Waals surface area contributed by atoms with Crippen LogP contribution in [0.4, 0.5) is 0 Å². The number of rotatable bonds is 0. The molecule has 0 amide bonds. The van der Waals surface area contributed by atoms with Gasteiger partial charge in [-0.1, -0.05) is 19.8 Å². The Hall–Kier alpha value is -0.330. The van der Waals surface area contributed by atoms with Crippen LogP contribution in [0.3, 0.4) is 0 Å². The fourth-order valence-electron chi connectivity index (χ4n) is 2.88. The Kier molecular flexibility index (Phi) is 1.97. The van der Waals surface area contributed by atoms with E-state index >= 15 is 0 Å². The van der Waals surface area contributed by atoms with E-state index in [2.05, 4.69) is 6.92 Å². The Morgan fingerprint density at radius 3 is 2.50 bits per heavy atom. The molecular formula is C11H18O. The number of Topliss-reactive ketones (excluding diaryl/α,β-unsaturated/α-hetero) is 1. The highest BCUT2D eigenvalue weighted by atomic mass is 16.1. The monoisotopic (exact) mass is 166 g/mol. The smallest absolute Gasteiger partial charge is 0.139 e. The molecule has 0 heterocycles. The Bertz CT molecular complexity index is 189. The van der Waals surface area contributed by atoms with Crippen LogP contribution in [0.2, 0.25) is 0 Å². The van der Waals surface area contributed by atoms with Crippen molar-refractivity contribution >= 4 is 5.78 Å². The van der Waals surface area contributed by atoms with Crippen LogP contribution in [0.1, 0.15) is 51.9 Å². The molecule has 1 atom stereocenters. The fourth-order valence-corrected chi connectivity index (χ4v) is 2.88. The van der Waals surface area contributed by atoms with E-state index in [1.807, 2.05) is 0 Å². The highest BCUT2D eigenvalue weighted by Gasteiger charge is 2.43. The Morgan fingerprint density at radius 2 is 1.92 bits per heavy atom. The predicted molar refractivity (Wildman–Crippen MR) is 48.9 cm³/mol. The molecule has 1 heteroatoms. The molecule has 0 aliphatic heterocycles. The molecule has 1 unspecified atom stereocenters. The van der Waals surface area contributed by atoms with Crippen LogP contribution in [0.15, 0.2) is 0 Å². The largest absolute Gasteiger partial charge is 0.299 e. The molecule has 0 N–H and O–H groups in total. The van der Waals surface area contributed by atoms with E-state index in [4.69, 9.17) is 0 Å². The first kappa shape index (κ1) is 8.28. The molecule has 2 saturated carbocycles. The lowest BCUT2D eigenvalue weighted by Crippen LogP contribution is -2.34. The van der Waals surface area contributed by atoms with E-state index in [0.717, 1.165) is 6.42 Å². The average molecular weight is 166 g/mol. The standard InChI is InChI=1S/C11H18O/c1-9-4-7-11(10(12)8-9)5-2-3-6-11/h9H,2-8H2,1H3. The van der Waals surface area contributed by atoms with Crippen LogP contribution in [-0.2, 0) is 4.79 Å². The van der Waals surface area contributed by atoms with Crippen molar-refractivity contribution in [2.75, 3.05) is 0 Å². The van der Waals surface area contributed by atoms with E-state index in [0.29, 0.717) is 11.7 Å². The van der Waals surface area contributed by atoms with Crippen LogP contribution in [0.25, 0.3) is 0 Å². The van der Waals surface area contributed by atoms with Crippen LogP contribution >= 0.6 is 0 Å². The van der Waals surface area contributed by atoms with Gasteiger partial charge in [-0.3, -0.25) is 4.79 Å². The number of carbonyl (C=O) groups is 1. The van der Waals surface area contributed by atoms with Crippen LogP contribution in [0, 0.1) is 11.3 Å². The Labute approximate surface area is 74.5 Å². The quantitative estimate of drug-likeness (QED) is 0.540. The first-order valence-electron chi connectivity index (χ1n) is 5.26. The highest BCUT2D eigenvalue weighted by molar-refractivity contribution is 5.86. The van der Waals surface area contributed by atoms with Gasteiger partial charge in [0.25, 0.3) is 0 Å². The van der Waals surface area contributed by atoms with Gasteiger partial charge in [0.05, 0.1) is 0 Å². The van der Waals surface area contributed by atoms with Gasteiger partial charge in [-0.2, -0.15) is 0 Å². The highest BCUT2D eigenvalue weighted by Crippen LogP contribution is 2.47. The van der Waals surface area contributed by atoms with Gasteiger partial charge in [0.15, 0.2) is 0 Å². The Morgan fingerprint density at radius 1 is 1.25 bits per heavy atom. The van der Waals surface area contributed by atoms with Crippen LogP contribution in [-0.4, -0.2) is 5.78 Å². The maximum atomic E-state index is 11.8. The minimum Gasteiger partial charge on any atom is -0.299 e. The van der Waals surface area contributed by atoms with Gasteiger partial charge in [0.2, 0.25) is 0 Å². The summed E-state index contributed by atoms with van der Waals surface area (Å²) >= 11 is 0. The van der Waals surface area contributed by atoms with E-state index in [9.17, 15) is 4.79 Å². The van der Waals surface area contributed by atoms with Crippen molar-refractivity contribution in [3.8, 4) is 0 Å². The van der Waals surface area contributed by atoms with Crippen molar-refractivity contribution in [1.82, 2.24) is 0 Å². The van der Waals surface area contributed by atoms with E-state index < -0.39 is 0 Å². The van der Waals surface area contributed by atoms with Crippen molar-refractivity contribution in [2.24, 2.45) is 11.3 Å². The molecule has 12 heavy (non-hydrogen) atoms. The normalized spacial score (nSPS) is 34.4. The van der Waals surface area contributed by atoms with Gasteiger partial charge in [0.1, 0.15) is 5.78 Å². The van der Waals surface area contributed by atoms with Crippen molar-refractivity contribution in [2.45, 2.75) is 51.9 Å². The number of hydrogen-bond donors (Lipinski definition) is 0. The number of carbonyl (C=O) groups excluding carboxylic acids is 1. The predicted octanol–water partition coefficient (Wildman–Crippen LogP) is 2.94. The maximum absolute atomic E-state index is 11.8. The topological polar surface area (TPSA) is 17.1 Å². The summed E-state index contributed by atoms with van der Waals surface area (Å²) in [7, 11) is 0. The van der Waals surface area contributed by atoms with E-state index in [-0.39, 0.29) is 5.41 Å². The van der Waals surface area contributed by atoms with E-state index in [1.54, 1.807) is 0 Å². The molecule has 68 valence electrons. The molecule has 0 bridgehead atoms. The second-order valence-electron chi connectivity index (χ2n) is 4.76. The molecule has 1 spiro atoms. The summed E-state index contributed by atoms with van der Waals surface area (Å²) in [4.78, 5) is 11.8. The first-order valence-corrected chi connectivity index (χ1v) is 5.26. The molecule has 2 aliphatic rings. The van der Waals surface area contributed by atoms with Crippen molar-refractivity contribution < 1.29 is 4.79 Å². The van der Waals surface area contributed by atoms with Gasteiger partial charge in [-0.25, -0.2) is 0 Å². The summed E-state index contributed by atoms with van der Waals surface area (Å²) in [6.07, 6.45) is 8.30. The molecule has 1 nitrogen and oxygen atoms in total. The second-order valence-corrected chi connectivity index (χ2v) is 4.76. The summed E-state index contributed by atoms with van der Waals surface area (Å²) in [5.41, 5.74) is 0.173. The third kappa shape index (κ3) is 1.19. The van der Waals surface area contributed by atoms with Crippen molar-refractivity contribution in [1.29, 1.82) is 0 Å². The molecule has 2 rings (SSSR count). The minimum atomic E-state index is 0.173. The van der Waals surface area contributed by atoms with E-state index in [1.165, 1.54) is 38.5 Å². The molecule has 0 aromatic heterocycles. The van der Waals surface area contributed by atoms with Gasteiger partial charge in [-0.15, -0.1) is 0 Å². The van der Waals surface area contributed by atoms with Gasteiger partial charge >= 0.3 is 0 Å². The van der Waals surface area contributed by atoms with Crippen LogP contribution in [0.5, 0.6) is 0 Å². The summed E-state index contributed by atoms with van der Waals surface area (Å²) in [6, 6.07) is 0. The number of ketones is 1. The molecule has 0 radical (unpaired) electrons. The lowest BCUT2D eigenvalue weighted by molar-refractivity contribution is -0.132. The molecule has 0 saturated heterocycles. The average Bonchev–Trinajstić information content (AvgIpc) is 2.48. The second kappa shape index (κ2) is 2.86. The molecule has 2 fully saturated rings. The van der Waals surface area contributed by atoms with Crippen molar-refractivity contribution in [3.63, 3.8) is 0 Å². The zero-order chi connectivity index (χ0) is 8.60. The molecule has 2 aliphatic carbocycles. The summed E-state index contributed by atoms with van der Waals surface area (Å²) in [5, 5.41) is 0. The lowest BCUT2D eigenvalue weighted by Gasteiger charge is -2.34. The lowest BCUT2D eigenvalue weighted by atomic mass is 9.69. The van der Waals surface area contributed by atoms with Gasteiger partial charge in [0, 0.05) is 11.8 Å². The van der Waals surface area contributed by atoms with Crippen LogP contribution < -0.4 is 0 Å². The van der Waals surface area contributed by atoms with Gasteiger partial charge < -0.3 is 0 Å². The Balaban J connectivity index is 2.11.